The quantitative estimate of drug-likeness (QED) is 0.868. The van der Waals surface area contributed by atoms with Crippen LogP contribution in [0.3, 0.4) is 0 Å². The van der Waals surface area contributed by atoms with E-state index in [4.69, 9.17) is 0 Å². The number of hydrogen-bond acceptors (Lipinski definition) is 3. The lowest BCUT2D eigenvalue weighted by Gasteiger charge is -2.31. The van der Waals surface area contributed by atoms with Crippen LogP contribution in [0, 0.1) is 5.82 Å². The molecule has 0 fully saturated rings. The molecule has 0 radical (unpaired) electrons. The molecular formula is C21H23FN4O2. The smallest absolute Gasteiger partial charge is 0.317 e. The van der Waals surface area contributed by atoms with Crippen LogP contribution in [0.5, 0.6) is 0 Å². The second-order valence-electron chi connectivity index (χ2n) is 7.41. The van der Waals surface area contributed by atoms with Crippen molar-refractivity contribution < 1.29 is 9.18 Å². The Hall–Kier alpha value is -2.96. The Bertz CT molecular complexity index is 981. The van der Waals surface area contributed by atoms with E-state index in [9.17, 15) is 14.0 Å². The van der Waals surface area contributed by atoms with Gasteiger partial charge >= 0.3 is 6.03 Å². The summed E-state index contributed by atoms with van der Waals surface area (Å²) in [4.78, 5) is 30.8. The SMILES string of the molecule is Cn1cnc2c(c1=O)CCN(C(=O)N[C@H]1CC=C(c3ccc(F)cc3)CC1)C2. The van der Waals surface area contributed by atoms with Gasteiger partial charge < -0.3 is 14.8 Å². The normalized spacial score (nSPS) is 19.0. The van der Waals surface area contributed by atoms with Gasteiger partial charge in [0.1, 0.15) is 5.82 Å². The Morgan fingerprint density at radius 2 is 2.04 bits per heavy atom. The fourth-order valence-electron chi connectivity index (χ4n) is 3.85. The standard InChI is InChI=1S/C21H23FN4O2/c1-25-13-23-19-12-26(11-10-18(19)20(25)27)21(28)24-17-8-4-15(5-9-17)14-2-6-16(22)7-3-14/h2-4,6-7,13,17H,5,8-12H2,1H3,(H,24,28)/t17-/m0/s1. The van der Waals surface area contributed by atoms with E-state index >= 15 is 0 Å². The van der Waals surface area contributed by atoms with Gasteiger partial charge in [0.2, 0.25) is 0 Å². The first-order valence-corrected chi connectivity index (χ1v) is 9.55. The number of allylic oxidation sites excluding steroid dienone is 1. The van der Waals surface area contributed by atoms with Crippen molar-refractivity contribution in [2.75, 3.05) is 6.54 Å². The van der Waals surface area contributed by atoms with Crippen LogP contribution >= 0.6 is 0 Å². The third-order valence-corrected chi connectivity index (χ3v) is 5.53. The third-order valence-electron chi connectivity index (χ3n) is 5.53. The summed E-state index contributed by atoms with van der Waals surface area (Å²) in [6.07, 6.45) is 6.60. The average Bonchev–Trinajstić information content (AvgIpc) is 2.72. The van der Waals surface area contributed by atoms with Gasteiger partial charge in [0.05, 0.1) is 18.6 Å². The second kappa shape index (κ2) is 7.58. The molecule has 1 aromatic heterocycles. The monoisotopic (exact) mass is 382 g/mol. The van der Waals surface area contributed by atoms with E-state index in [1.807, 2.05) is 0 Å². The van der Waals surface area contributed by atoms with Crippen LogP contribution in [0.15, 0.2) is 41.5 Å². The molecule has 0 unspecified atom stereocenters. The maximum atomic E-state index is 13.1. The number of hydrogen-bond donors (Lipinski definition) is 1. The van der Waals surface area contributed by atoms with Crippen LogP contribution in [0.2, 0.25) is 0 Å². The summed E-state index contributed by atoms with van der Waals surface area (Å²) >= 11 is 0. The predicted octanol–water partition coefficient (Wildman–Crippen LogP) is 2.62. The van der Waals surface area contributed by atoms with E-state index in [0.717, 1.165) is 24.8 Å². The maximum absolute atomic E-state index is 13.1. The molecule has 1 aliphatic heterocycles. The van der Waals surface area contributed by atoms with Crippen molar-refractivity contribution in [1.82, 2.24) is 19.8 Å². The van der Waals surface area contributed by atoms with Crippen molar-refractivity contribution in [1.29, 1.82) is 0 Å². The highest BCUT2D eigenvalue weighted by Crippen LogP contribution is 2.27. The molecule has 2 heterocycles. The number of fused-ring (bicyclic) bond motifs is 1. The van der Waals surface area contributed by atoms with Gasteiger partial charge in [-0.25, -0.2) is 14.2 Å². The highest BCUT2D eigenvalue weighted by Gasteiger charge is 2.26. The van der Waals surface area contributed by atoms with Crippen LogP contribution in [0.4, 0.5) is 9.18 Å². The molecule has 2 amide bonds. The first kappa shape index (κ1) is 18.4. The average molecular weight is 382 g/mol. The molecule has 1 aromatic carbocycles. The Morgan fingerprint density at radius 3 is 2.75 bits per heavy atom. The Balaban J connectivity index is 1.36. The van der Waals surface area contributed by atoms with E-state index < -0.39 is 0 Å². The minimum Gasteiger partial charge on any atom is -0.335 e. The van der Waals surface area contributed by atoms with E-state index in [-0.39, 0.29) is 23.4 Å². The van der Waals surface area contributed by atoms with Crippen molar-refractivity contribution >= 4 is 11.6 Å². The zero-order valence-electron chi connectivity index (χ0n) is 15.8. The van der Waals surface area contributed by atoms with E-state index in [0.29, 0.717) is 30.8 Å². The van der Waals surface area contributed by atoms with Crippen LogP contribution in [-0.2, 0) is 20.0 Å². The molecule has 2 aliphatic rings. The summed E-state index contributed by atoms with van der Waals surface area (Å²) in [6, 6.07) is 6.50. The number of nitrogens with one attached hydrogen (secondary N) is 1. The topological polar surface area (TPSA) is 67.2 Å². The number of benzene rings is 1. The molecule has 28 heavy (non-hydrogen) atoms. The fraction of sp³-hybridized carbons (Fsp3) is 0.381. The fourth-order valence-corrected chi connectivity index (χ4v) is 3.85. The van der Waals surface area contributed by atoms with Crippen LogP contribution in [0.1, 0.15) is 36.1 Å². The lowest BCUT2D eigenvalue weighted by Crippen LogP contribution is -2.48. The van der Waals surface area contributed by atoms with Crippen LogP contribution in [0.25, 0.3) is 5.57 Å². The molecule has 1 atom stereocenters. The number of carbonyl (C=O) groups is 1. The summed E-state index contributed by atoms with van der Waals surface area (Å²) in [5.74, 6) is -0.235. The molecular weight excluding hydrogens is 359 g/mol. The molecule has 1 N–H and O–H groups in total. The summed E-state index contributed by atoms with van der Waals surface area (Å²) in [7, 11) is 1.69. The zero-order valence-corrected chi connectivity index (χ0v) is 15.8. The zero-order chi connectivity index (χ0) is 19.7. The summed E-state index contributed by atoms with van der Waals surface area (Å²) in [5.41, 5.74) is 3.59. The number of carbonyl (C=O) groups excluding carboxylic acids is 1. The van der Waals surface area contributed by atoms with Gasteiger partial charge in [-0.3, -0.25) is 4.79 Å². The summed E-state index contributed by atoms with van der Waals surface area (Å²) in [6.45, 7) is 0.879. The van der Waals surface area contributed by atoms with Crippen molar-refractivity contribution in [3.05, 3.63) is 69.7 Å². The summed E-state index contributed by atoms with van der Waals surface area (Å²) < 4.78 is 14.5. The lowest BCUT2D eigenvalue weighted by molar-refractivity contribution is 0.186. The third kappa shape index (κ3) is 3.69. The number of aromatic nitrogens is 2. The number of nitrogens with zero attached hydrogens (tertiary/aromatic N) is 3. The first-order valence-electron chi connectivity index (χ1n) is 9.55. The summed E-state index contributed by atoms with van der Waals surface area (Å²) in [5, 5.41) is 3.10. The number of amides is 2. The molecule has 2 aromatic rings. The minimum absolute atomic E-state index is 0.0317. The molecule has 4 rings (SSSR count). The molecule has 6 nitrogen and oxygen atoms in total. The molecule has 0 spiro atoms. The Morgan fingerprint density at radius 1 is 1.25 bits per heavy atom. The highest BCUT2D eigenvalue weighted by atomic mass is 19.1. The number of aryl methyl sites for hydroxylation is 1. The van der Waals surface area contributed by atoms with Crippen molar-refractivity contribution in [3.63, 3.8) is 0 Å². The van der Waals surface area contributed by atoms with Gasteiger partial charge in [-0.15, -0.1) is 0 Å². The van der Waals surface area contributed by atoms with Crippen molar-refractivity contribution in [2.45, 2.75) is 38.3 Å². The molecule has 1 aliphatic carbocycles. The molecule has 0 saturated heterocycles. The predicted molar refractivity (Wildman–Crippen MR) is 104 cm³/mol. The van der Waals surface area contributed by atoms with Crippen molar-refractivity contribution in [3.8, 4) is 0 Å². The van der Waals surface area contributed by atoms with Gasteiger partial charge in [0.25, 0.3) is 5.56 Å². The van der Waals surface area contributed by atoms with Crippen LogP contribution in [-0.4, -0.2) is 33.1 Å². The van der Waals surface area contributed by atoms with Crippen molar-refractivity contribution in [2.24, 2.45) is 7.05 Å². The van der Waals surface area contributed by atoms with E-state index in [2.05, 4.69) is 16.4 Å². The maximum Gasteiger partial charge on any atom is 0.317 e. The van der Waals surface area contributed by atoms with Gasteiger partial charge in [0.15, 0.2) is 0 Å². The first-order chi connectivity index (χ1) is 13.5. The minimum atomic E-state index is -0.235. The van der Waals surface area contributed by atoms with Gasteiger partial charge in [-0.2, -0.15) is 0 Å². The van der Waals surface area contributed by atoms with E-state index in [1.165, 1.54) is 28.6 Å². The Kier molecular flexibility index (Phi) is 4.98. The van der Waals surface area contributed by atoms with E-state index in [1.54, 1.807) is 24.1 Å². The molecule has 146 valence electrons. The highest BCUT2D eigenvalue weighted by molar-refractivity contribution is 5.75. The van der Waals surface area contributed by atoms with Gasteiger partial charge in [-0.1, -0.05) is 18.2 Å². The Labute approximate surface area is 162 Å². The number of halogens is 1. The largest absolute Gasteiger partial charge is 0.335 e. The number of urea groups is 1. The molecule has 0 bridgehead atoms. The number of rotatable bonds is 2. The lowest BCUT2D eigenvalue weighted by atomic mass is 9.91. The van der Waals surface area contributed by atoms with Gasteiger partial charge in [-0.05, 0) is 49.0 Å². The molecule has 0 saturated carbocycles. The molecule has 7 heteroatoms. The van der Waals surface area contributed by atoms with Crippen LogP contribution < -0.4 is 10.9 Å². The second-order valence-corrected chi connectivity index (χ2v) is 7.41. The van der Waals surface area contributed by atoms with Gasteiger partial charge in [0, 0.05) is 25.2 Å².